The fourth-order valence-electron chi connectivity index (χ4n) is 1.04. The van der Waals surface area contributed by atoms with Crippen molar-refractivity contribution >= 4 is 0 Å². The molecule has 0 bridgehead atoms. The number of hydrogen-bond acceptors (Lipinski definition) is 0. The van der Waals surface area contributed by atoms with Crippen LogP contribution in [-0.2, 0) is 21.1 Å². The molecule has 0 atom stereocenters. The van der Waals surface area contributed by atoms with E-state index in [1.165, 1.54) is 0 Å². The van der Waals surface area contributed by atoms with E-state index in [0.717, 1.165) is 12.8 Å². The summed E-state index contributed by atoms with van der Waals surface area (Å²) in [5, 5.41) is 0. The smallest absolute Gasteiger partial charge is 0 e. The van der Waals surface area contributed by atoms with Crippen LogP contribution in [0.1, 0.15) is 12.8 Å². The fourth-order valence-corrected chi connectivity index (χ4v) is 1.04. The Hall–Kier alpha value is -0.872. The summed E-state index contributed by atoms with van der Waals surface area (Å²) in [7, 11) is 0. The van der Waals surface area contributed by atoms with Gasteiger partial charge in [-0.25, -0.2) is 0 Å². The summed E-state index contributed by atoms with van der Waals surface area (Å²) in [6.07, 6.45) is 27.0. The molecule has 2 rings (SSSR count). The number of allylic oxidation sites excluding steroid dienone is 12. The first-order chi connectivity index (χ1) is 7.00. The number of hydrogen-bond donors (Lipinski definition) is 0. The van der Waals surface area contributed by atoms with Crippen LogP contribution >= 0.6 is 0 Å². The Morgan fingerprint density at radius 2 is 0.667 bits per heavy atom. The van der Waals surface area contributed by atoms with Gasteiger partial charge in [0.1, 0.15) is 0 Å². The topological polar surface area (TPSA) is 0 Å². The van der Waals surface area contributed by atoms with E-state index in [-0.39, 0.29) is 21.1 Å². The maximum atomic E-state index is 2.12. The van der Waals surface area contributed by atoms with Crippen molar-refractivity contribution in [2.45, 2.75) is 12.8 Å². The van der Waals surface area contributed by atoms with Crippen molar-refractivity contribution in [3.8, 4) is 0 Å². The fraction of sp³-hybridized carbons (Fsp3) is 0.143. The zero-order valence-corrected chi connectivity index (χ0v) is 10.8. The molecule has 0 aromatic carbocycles. The van der Waals surface area contributed by atoms with Crippen LogP contribution in [0.4, 0.5) is 0 Å². The third-order valence-electron chi connectivity index (χ3n) is 1.76. The summed E-state index contributed by atoms with van der Waals surface area (Å²) in [6, 6.07) is 0. The third kappa shape index (κ3) is 9.43. The molecule has 0 spiro atoms. The Bertz CT molecular complexity index is 241. The Labute approximate surface area is 107 Å². The van der Waals surface area contributed by atoms with Crippen molar-refractivity contribution in [1.82, 2.24) is 0 Å². The molecule has 0 heterocycles. The zero-order chi connectivity index (χ0) is 9.90. The molecule has 2 aliphatic rings. The van der Waals surface area contributed by atoms with Gasteiger partial charge in [-0.05, 0) is 12.8 Å². The third-order valence-corrected chi connectivity index (χ3v) is 1.76. The maximum Gasteiger partial charge on any atom is 0 e. The molecule has 0 unspecified atom stereocenters. The molecule has 0 saturated carbocycles. The predicted molar refractivity (Wildman–Crippen MR) is 64.1 cm³/mol. The Morgan fingerprint density at radius 3 is 0.933 bits per heavy atom. The molecular formula is C14H16Mo. The SMILES string of the molecule is C1=CC=CCC=C1.C1=CC=CCC=C1.[Mo]. The van der Waals surface area contributed by atoms with Gasteiger partial charge in [0.15, 0.2) is 0 Å². The zero-order valence-electron chi connectivity index (χ0n) is 8.75. The maximum absolute atomic E-state index is 2.12. The summed E-state index contributed by atoms with van der Waals surface area (Å²) < 4.78 is 0. The Kier molecular flexibility index (Phi) is 10.6. The second-order valence-electron chi connectivity index (χ2n) is 2.95. The molecule has 0 nitrogen and oxygen atoms in total. The average molecular weight is 280 g/mol. The van der Waals surface area contributed by atoms with Crippen LogP contribution in [0.5, 0.6) is 0 Å². The van der Waals surface area contributed by atoms with Gasteiger partial charge in [0.05, 0.1) is 0 Å². The van der Waals surface area contributed by atoms with Crippen molar-refractivity contribution in [3.63, 3.8) is 0 Å². The first kappa shape index (κ1) is 14.1. The molecule has 78 valence electrons. The van der Waals surface area contributed by atoms with Gasteiger partial charge < -0.3 is 0 Å². The molecule has 0 fully saturated rings. The molecule has 15 heavy (non-hydrogen) atoms. The van der Waals surface area contributed by atoms with E-state index >= 15 is 0 Å². The van der Waals surface area contributed by atoms with E-state index in [9.17, 15) is 0 Å². The summed E-state index contributed by atoms with van der Waals surface area (Å²) in [6.45, 7) is 0. The molecule has 1 heteroatoms. The van der Waals surface area contributed by atoms with Crippen LogP contribution in [0, 0.1) is 0 Å². The molecule has 0 N–H and O–H groups in total. The van der Waals surface area contributed by atoms with Gasteiger partial charge in [-0.3, -0.25) is 0 Å². The molecule has 0 amide bonds. The van der Waals surface area contributed by atoms with Crippen molar-refractivity contribution in [2.75, 3.05) is 0 Å². The largest absolute Gasteiger partial charge is 0.0807 e. The molecule has 0 radical (unpaired) electrons. The van der Waals surface area contributed by atoms with Crippen LogP contribution in [0.2, 0.25) is 0 Å². The van der Waals surface area contributed by atoms with Crippen molar-refractivity contribution in [1.29, 1.82) is 0 Å². The van der Waals surface area contributed by atoms with Crippen LogP contribution < -0.4 is 0 Å². The van der Waals surface area contributed by atoms with Crippen LogP contribution in [0.25, 0.3) is 0 Å². The minimum absolute atomic E-state index is 0. The summed E-state index contributed by atoms with van der Waals surface area (Å²) in [5.41, 5.74) is 0. The van der Waals surface area contributed by atoms with Gasteiger partial charge in [0, 0.05) is 21.1 Å². The standard InChI is InChI=1S/2C7H8.Mo/c2*1-2-4-6-7-5-3-1;/h2*1-6H,7H2;. The number of rotatable bonds is 0. The van der Waals surface area contributed by atoms with Gasteiger partial charge in [-0.2, -0.15) is 0 Å². The monoisotopic (exact) mass is 282 g/mol. The van der Waals surface area contributed by atoms with Crippen molar-refractivity contribution in [2.24, 2.45) is 0 Å². The second kappa shape index (κ2) is 11.2. The van der Waals surface area contributed by atoms with Gasteiger partial charge in [0.25, 0.3) is 0 Å². The molecule has 0 aromatic heterocycles. The van der Waals surface area contributed by atoms with Crippen molar-refractivity contribution in [3.05, 3.63) is 72.9 Å². The van der Waals surface area contributed by atoms with E-state index in [1.807, 2.05) is 24.3 Å². The quantitative estimate of drug-likeness (QED) is 0.586. The summed E-state index contributed by atoms with van der Waals surface area (Å²) >= 11 is 0. The van der Waals surface area contributed by atoms with E-state index in [4.69, 9.17) is 0 Å². The Balaban J connectivity index is 0.000000245. The minimum Gasteiger partial charge on any atom is -0.0807 e. The van der Waals surface area contributed by atoms with E-state index < -0.39 is 0 Å². The van der Waals surface area contributed by atoms with Gasteiger partial charge in [-0.1, -0.05) is 72.9 Å². The normalized spacial score (nSPS) is 16.0. The van der Waals surface area contributed by atoms with Crippen LogP contribution in [-0.4, -0.2) is 0 Å². The van der Waals surface area contributed by atoms with E-state index in [2.05, 4.69) is 48.6 Å². The van der Waals surface area contributed by atoms with E-state index in [0.29, 0.717) is 0 Å². The summed E-state index contributed by atoms with van der Waals surface area (Å²) in [4.78, 5) is 0. The molecule has 0 aromatic rings. The molecule has 0 aliphatic heterocycles. The first-order valence-electron chi connectivity index (χ1n) is 4.97. The van der Waals surface area contributed by atoms with Gasteiger partial charge in [0.2, 0.25) is 0 Å². The molecular weight excluding hydrogens is 264 g/mol. The van der Waals surface area contributed by atoms with Gasteiger partial charge in [-0.15, -0.1) is 0 Å². The van der Waals surface area contributed by atoms with E-state index in [1.54, 1.807) is 0 Å². The predicted octanol–water partition coefficient (Wildman–Crippen LogP) is 4.11. The van der Waals surface area contributed by atoms with Crippen LogP contribution in [0.15, 0.2) is 72.9 Å². The minimum atomic E-state index is 0. The van der Waals surface area contributed by atoms with Crippen LogP contribution in [0.3, 0.4) is 0 Å². The van der Waals surface area contributed by atoms with Crippen molar-refractivity contribution < 1.29 is 21.1 Å². The second-order valence-corrected chi connectivity index (χ2v) is 2.95. The molecule has 2 aliphatic carbocycles. The van der Waals surface area contributed by atoms with Gasteiger partial charge >= 0.3 is 0 Å². The first-order valence-corrected chi connectivity index (χ1v) is 4.97. The summed E-state index contributed by atoms with van der Waals surface area (Å²) in [5.74, 6) is 0. The molecule has 0 saturated heterocycles. The Morgan fingerprint density at radius 1 is 0.400 bits per heavy atom. The average Bonchev–Trinajstić information content (AvgIpc) is 2.68.